The molecule has 0 aromatic heterocycles. The highest BCUT2D eigenvalue weighted by atomic mass is 16.2. The van der Waals surface area contributed by atoms with Gasteiger partial charge in [-0.25, -0.2) is 0 Å². The lowest BCUT2D eigenvalue weighted by Gasteiger charge is -2.27. The third kappa shape index (κ3) is 2.76. The highest BCUT2D eigenvalue weighted by Crippen LogP contribution is 2.15. The molecular weight excluding hydrogens is 194 g/mol. The van der Waals surface area contributed by atoms with E-state index in [0.717, 1.165) is 39.1 Å². The molecule has 2 saturated heterocycles. The monoisotopic (exact) mass is 211 g/mol. The van der Waals surface area contributed by atoms with E-state index >= 15 is 0 Å². The topological polar surface area (TPSA) is 61.4 Å². The van der Waals surface area contributed by atoms with Crippen LogP contribution < -0.4 is 10.6 Å². The van der Waals surface area contributed by atoms with Gasteiger partial charge in [-0.05, 0) is 13.0 Å². The predicted octanol–water partition coefficient (Wildman–Crippen LogP) is -1.06. The second kappa shape index (κ2) is 4.72. The SMILES string of the molecule is O=C1CC(CCN2CCNCC2)C(=O)N1. The Morgan fingerprint density at radius 1 is 1.27 bits per heavy atom. The van der Waals surface area contributed by atoms with Gasteiger partial charge in [0.1, 0.15) is 0 Å². The molecule has 2 N–H and O–H groups in total. The first kappa shape index (κ1) is 10.6. The molecule has 0 aromatic rings. The zero-order chi connectivity index (χ0) is 10.7. The minimum atomic E-state index is -0.120. The highest BCUT2D eigenvalue weighted by Gasteiger charge is 2.30. The number of rotatable bonds is 3. The number of carbonyl (C=O) groups excluding carboxylic acids is 2. The van der Waals surface area contributed by atoms with Crippen LogP contribution in [0.3, 0.4) is 0 Å². The molecule has 0 aliphatic carbocycles. The van der Waals surface area contributed by atoms with Crippen LogP contribution in [0.2, 0.25) is 0 Å². The van der Waals surface area contributed by atoms with Gasteiger partial charge in [-0.2, -0.15) is 0 Å². The van der Waals surface area contributed by atoms with Gasteiger partial charge in [-0.15, -0.1) is 0 Å². The van der Waals surface area contributed by atoms with Crippen molar-refractivity contribution in [1.82, 2.24) is 15.5 Å². The summed E-state index contributed by atoms with van der Waals surface area (Å²) >= 11 is 0. The van der Waals surface area contributed by atoms with Crippen molar-refractivity contribution in [3.63, 3.8) is 0 Å². The molecule has 2 amide bonds. The summed E-state index contributed by atoms with van der Waals surface area (Å²) in [6.45, 7) is 5.06. The minimum Gasteiger partial charge on any atom is -0.314 e. The van der Waals surface area contributed by atoms with Gasteiger partial charge < -0.3 is 10.2 Å². The molecule has 0 saturated carbocycles. The summed E-state index contributed by atoms with van der Waals surface area (Å²) in [5, 5.41) is 5.63. The van der Waals surface area contributed by atoms with Crippen molar-refractivity contribution in [3.8, 4) is 0 Å². The van der Waals surface area contributed by atoms with E-state index in [0.29, 0.717) is 6.42 Å². The molecule has 1 unspecified atom stereocenters. The Bertz CT molecular complexity index is 261. The Labute approximate surface area is 89.2 Å². The van der Waals surface area contributed by atoms with Crippen molar-refractivity contribution >= 4 is 11.8 Å². The van der Waals surface area contributed by atoms with Crippen molar-refractivity contribution in [2.75, 3.05) is 32.7 Å². The number of amides is 2. The third-order valence-electron chi connectivity index (χ3n) is 3.07. The van der Waals surface area contributed by atoms with E-state index in [-0.39, 0.29) is 17.7 Å². The largest absolute Gasteiger partial charge is 0.314 e. The molecule has 2 aliphatic rings. The van der Waals surface area contributed by atoms with Gasteiger partial charge in [0.2, 0.25) is 11.8 Å². The molecule has 15 heavy (non-hydrogen) atoms. The lowest BCUT2D eigenvalue weighted by Crippen LogP contribution is -2.44. The minimum absolute atomic E-state index is 0.0878. The molecule has 0 bridgehead atoms. The van der Waals surface area contributed by atoms with Gasteiger partial charge >= 0.3 is 0 Å². The first-order valence-electron chi connectivity index (χ1n) is 5.52. The molecule has 2 fully saturated rings. The van der Waals surface area contributed by atoms with Crippen molar-refractivity contribution in [2.45, 2.75) is 12.8 Å². The quantitative estimate of drug-likeness (QED) is 0.584. The molecule has 5 heteroatoms. The van der Waals surface area contributed by atoms with Crippen LogP contribution in [0.5, 0.6) is 0 Å². The van der Waals surface area contributed by atoms with E-state index in [1.165, 1.54) is 0 Å². The third-order valence-corrected chi connectivity index (χ3v) is 3.07. The number of hydrogen-bond acceptors (Lipinski definition) is 4. The van der Waals surface area contributed by atoms with Crippen LogP contribution in [-0.4, -0.2) is 49.4 Å². The Hall–Kier alpha value is -0.940. The Morgan fingerprint density at radius 3 is 2.60 bits per heavy atom. The lowest BCUT2D eigenvalue weighted by atomic mass is 10.0. The lowest BCUT2D eigenvalue weighted by molar-refractivity contribution is -0.125. The van der Waals surface area contributed by atoms with Crippen LogP contribution in [0, 0.1) is 5.92 Å². The molecule has 1 atom stereocenters. The summed E-state index contributed by atoms with van der Waals surface area (Å²) in [5.74, 6) is -0.298. The molecule has 0 spiro atoms. The standard InChI is InChI=1S/C10H17N3O2/c14-9-7-8(10(15)12-9)1-4-13-5-2-11-3-6-13/h8,11H,1-7H2,(H,12,14,15). The number of carbonyl (C=O) groups is 2. The average Bonchev–Trinajstić information content (AvgIpc) is 2.56. The van der Waals surface area contributed by atoms with E-state index < -0.39 is 0 Å². The van der Waals surface area contributed by atoms with Gasteiger partial charge in [0.15, 0.2) is 0 Å². The summed E-state index contributed by atoms with van der Waals surface area (Å²) < 4.78 is 0. The van der Waals surface area contributed by atoms with Crippen LogP contribution in [0.1, 0.15) is 12.8 Å². The van der Waals surface area contributed by atoms with E-state index in [4.69, 9.17) is 0 Å². The van der Waals surface area contributed by atoms with Crippen molar-refractivity contribution < 1.29 is 9.59 Å². The van der Waals surface area contributed by atoms with Crippen LogP contribution >= 0.6 is 0 Å². The van der Waals surface area contributed by atoms with Gasteiger partial charge in [0.25, 0.3) is 0 Å². The van der Waals surface area contributed by atoms with E-state index in [1.807, 2.05) is 0 Å². The van der Waals surface area contributed by atoms with Crippen LogP contribution in [0.25, 0.3) is 0 Å². The fourth-order valence-electron chi connectivity index (χ4n) is 2.11. The maximum atomic E-state index is 11.3. The second-order valence-corrected chi connectivity index (χ2v) is 4.19. The summed E-state index contributed by atoms with van der Waals surface area (Å²) in [7, 11) is 0. The molecular formula is C10H17N3O2. The fourth-order valence-corrected chi connectivity index (χ4v) is 2.11. The Morgan fingerprint density at radius 2 is 2.00 bits per heavy atom. The van der Waals surface area contributed by atoms with Crippen molar-refractivity contribution in [2.24, 2.45) is 5.92 Å². The van der Waals surface area contributed by atoms with Crippen molar-refractivity contribution in [3.05, 3.63) is 0 Å². The van der Waals surface area contributed by atoms with Gasteiger partial charge in [0, 0.05) is 38.5 Å². The van der Waals surface area contributed by atoms with Gasteiger partial charge in [0.05, 0.1) is 0 Å². The molecule has 84 valence electrons. The fraction of sp³-hybridized carbons (Fsp3) is 0.800. The first-order chi connectivity index (χ1) is 7.25. The smallest absolute Gasteiger partial charge is 0.230 e. The molecule has 2 rings (SSSR count). The number of nitrogens with one attached hydrogen (secondary N) is 2. The van der Waals surface area contributed by atoms with E-state index in [1.54, 1.807) is 0 Å². The van der Waals surface area contributed by atoms with Crippen LogP contribution in [0.4, 0.5) is 0 Å². The number of piperazine rings is 1. The number of imide groups is 1. The molecule has 0 aromatic carbocycles. The second-order valence-electron chi connectivity index (χ2n) is 4.19. The maximum absolute atomic E-state index is 11.3. The Kier molecular flexibility index (Phi) is 3.33. The van der Waals surface area contributed by atoms with Crippen LogP contribution in [0.15, 0.2) is 0 Å². The normalized spacial score (nSPS) is 28.1. The summed E-state index contributed by atoms with van der Waals surface area (Å²) in [4.78, 5) is 24.6. The summed E-state index contributed by atoms with van der Waals surface area (Å²) in [5.41, 5.74) is 0. The van der Waals surface area contributed by atoms with Crippen molar-refractivity contribution in [1.29, 1.82) is 0 Å². The summed E-state index contributed by atoms with van der Waals surface area (Å²) in [6, 6.07) is 0. The molecule has 0 radical (unpaired) electrons. The average molecular weight is 211 g/mol. The Balaban J connectivity index is 1.73. The van der Waals surface area contributed by atoms with Gasteiger partial charge in [-0.1, -0.05) is 0 Å². The molecule has 5 nitrogen and oxygen atoms in total. The van der Waals surface area contributed by atoms with E-state index in [9.17, 15) is 9.59 Å². The van der Waals surface area contributed by atoms with E-state index in [2.05, 4.69) is 15.5 Å². The van der Waals surface area contributed by atoms with Crippen LogP contribution in [-0.2, 0) is 9.59 Å². The highest BCUT2D eigenvalue weighted by molar-refractivity contribution is 6.03. The molecule has 2 heterocycles. The predicted molar refractivity (Wildman–Crippen MR) is 55.2 cm³/mol. The van der Waals surface area contributed by atoms with Gasteiger partial charge in [-0.3, -0.25) is 14.9 Å². The zero-order valence-corrected chi connectivity index (χ0v) is 8.79. The summed E-state index contributed by atoms with van der Waals surface area (Å²) in [6.07, 6.45) is 1.18. The number of nitrogens with zero attached hydrogens (tertiary/aromatic N) is 1. The number of hydrogen-bond donors (Lipinski definition) is 2. The zero-order valence-electron chi connectivity index (χ0n) is 8.79. The molecule has 2 aliphatic heterocycles. The maximum Gasteiger partial charge on any atom is 0.230 e. The first-order valence-corrected chi connectivity index (χ1v) is 5.52.